The summed E-state index contributed by atoms with van der Waals surface area (Å²) in [6, 6.07) is 25.6. The molecule has 176 valence electrons. The summed E-state index contributed by atoms with van der Waals surface area (Å²) in [5, 5.41) is 13.8. The molecule has 0 radical (unpaired) electrons. The van der Waals surface area contributed by atoms with Crippen LogP contribution in [0.4, 0.5) is 5.95 Å². The fraction of sp³-hybridized carbons (Fsp3) is 0.111. The smallest absolute Gasteiger partial charge is 1.00 e. The molecule has 0 aliphatic heterocycles. The molecule has 0 unspecified atom stereocenters. The molecule has 0 aliphatic carbocycles. The molecule has 0 saturated heterocycles. The maximum atomic E-state index is 12.4. The van der Waals surface area contributed by atoms with Crippen molar-refractivity contribution in [3.05, 3.63) is 112 Å². The molecule has 0 aliphatic rings. The normalized spacial score (nSPS) is 10.8. The minimum Gasteiger partial charge on any atom is -1.00 e. The first-order chi connectivity index (χ1) is 17.0. The number of nitrogens with two attached hydrogens (primary N) is 1. The van der Waals surface area contributed by atoms with Crippen LogP contribution in [0.2, 0.25) is 0 Å². The Morgan fingerprint density at radius 1 is 0.944 bits per heavy atom. The van der Waals surface area contributed by atoms with E-state index in [-0.39, 0.29) is 38.0 Å². The maximum Gasteiger partial charge on any atom is 1.00 e. The Hall–Kier alpha value is -4.12. The molecule has 2 heterocycles. The summed E-state index contributed by atoms with van der Waals surface area (Å²) in [4.78, 5) is 28.1. The molecule has 0 saturated carbocycles. The van der Waals surface area contributed by atoms with Gasteiger partial charge in [0, 0.05) is 18.2 Å². The van der Waals surface area contributed by atoms with Gasteiger partial charge in [-0.25, -0.2) is 14.5 Å². The SMILES string of the molecule is Nc1nc2ccccc2n1CCc1cccc(-c2ccc(=O)n(Cc3cccc(C(=O)O)c3)n2)c1.[H-].[Li+]. The van der Waals surface area contributed by atoms with Gasteiger partial charge in [-0.15, -0.1) is 0 Å². The molecule has 5 aromatic rings. The Kier molecular flexibility index (Phi) is 7.39. The Labute approximate surface area is 220 Å². The van der Waals surface area contributed by atoms with E-state index in [0.29, 0.717) is 23.8 Å². The van der Waals surface area contributed by atoms with Crippen molar-refractivity contribution in [3.63, 3.8) is 0 Å². The van der Waals surface area contributed by atoms with Crippen LogP contribution in [0, 0.1) is 0 Å². The number of para-hydroxylation sites is 2. The van der Waals surface area contributed by atoms with Gasteiger partial charge in [-0.05, 0) is 53.9 Å². The second-order valence-corrected chi connectivity index (χ2v) is 8.28. The molecular weight excluding hydrogens is 449 g/mol. The summed E-state index contributed by atoms with van der Waals surface area (Å²) < 4.78 is 3.35. The van der Waals surface area contributed by atoms with Crippen molar-refractivity contribution >= 4 is 23.0 Å². The first kappa shape index (κ1) is 25.0. The van der Waals surface area contributed by atoms with Crippen molar-refractivity contribution in [1.82, 2.24) is 19.3 Å². The predicted molar refractivity (Wildman–Crippen MR) is 135 cm³/mol. The zero-order chi connectivity index (χ0) is 24.4. The molecule has 9 heteroatoms. The second-order valence-electron chi connectivity index (χ2n) is 8.28. The van der Waals surface area contributed by atoms with E-state index in [4.69, 9.17) is 5.73 Å². The monoisotopic (exact) mass is 473 g/mol. The number of hydrogen-bond donors (Lipinski definition) is 2. The third-order valence-electron chi connectivity index (χ3n) is 5.90. The number of carboxylic acid groups (broad SMARTS) is 1. The Balaban J connectivity index is 0.00000190. The number of rotatable bonds is 7. The van der Waals surface area contributed by atoms with E-state index in [0.717, 1.165) is 28.6 Å². The van der Waals surface area contributed by atoms with Gasteiger partial charge in [-0.2, -0.15) is 5.10 Å². The van der Waals surface area contributed by atoms with Crippen LogP contribution in [-0.4, -0.2) is 30.4 Å². The topological polar surface area (TPSA) is 116 Å². The molecular formula is C27H24LiN5O3. The van der Waals surface area contributed by atoms with Crippen molar-refractivity contribution in [3.8, 4) is 11.3 Å². The second kappa shape index (κ2) is 10.6. The van der Waals surface area contributed by atoms with Gasteiger partial charge < -0.3 is 16.8 Å². The average molecular weight is 473 g/mol. The number of fused-ring (bicyclic) bond motifs is 1. The molecule has 0 spiro atoms. The molecule has 8 nitrogen and oxygen atoms in total. The first-order valence-electron chi connectivity index (χ1n) is 11.2. The quantitative estimate of drug-likeness (QED) is 0.340. The molecule has 2 aromatic heterocycles. The molecule has 0 amide bonds. The number of anilines is 1. The third-order valence-corrected chi connectivity index (χ3v) is 5.90. The number of carboxylic acids is 1. The zero-order valence-corrected chi connectivity index (χ0v) is 19.8. The van der Waals surface area contributed by atoms with E-state index < -0.39 is 5.97 Å². The van der Waals surface area contributed by atoms with Crippen LogP contribution in [0.15, 0.2) is 89.7 Å². The largest absolute Gasteiger partial charge is 1.00 e. The van der Waals surface area contributed by atoms with Gasteiger partial charge in [0.15, 0.2) is 0 Å². The van der Waals surface area contributed by atoms with E-state index in [2.05, 4.69) is 16.1 Å². The summed E-state index contributed by atoms with van der Waals surface area (Å²) in [5.74, 6) is -0.522. The summed E-state index contributed by atoms with van der Waals surface area (Å²) in [5.41, 5.74) is 11.3. The van der Waals surface area contributed by atoms with E-state index in [1.165, 1.54) is 16.8 Å². The van der Waals surface area contributed by atoms with Gasteiger partial charge in [0.1, 0.15) is 0 Å². The van der Waals surface area contributed by atoms with Crippen LogP contribution in [0.5, 0.6) is 0 Å². The fourth-order valence-corrected chi connectivity index (χ4v) is 4.15. The zero-order valence-electron chi connectivity index (χ0n) is 20.8. The van der Waals surface area contributed by atoms with Crippen molar-refractivity contribution in [2.75, 3.05) is 5.73 Å². The number of imidazole rings is 1. The van der Waals surface area contributed by atoms with Crippen LogP contribution in [0.3, 0.4) is 0 Å². The van der Waals surface area contributed by atoms with Gasteiger partial charge >= 0.3 is 24.8 Å². The van der Waals surface area contributed by atoms with Crippen LogP contribution in [0.1, 0.15) is 22.9 Å². The number of nitrogens with zero attached hydrogens (tertiary/aromatic N) is 4. The van der Waals surface area contributed by atoms with Gasteiger partial charge in [0.2, 0.25) is 5.95 Å². The van der Waals surface area contributed by atoms with E-state index >= 15 is 0 Å². The number of aromatic nitrogens is 4. The van der Waals surface area contributed by atoms with Gasteiger partial charge in [-0.3, -0.25) is 4.79 Å². The van der Waals surface area contributed by atoms with Crippen LogP contribution in [0.25, 0.3) is 22.3 Å². The van der Waals surface area contributed by atoms with E-state index in [1.807, 2.05) is 47.0 Å². The molecule has 5 rings (SSSR count). The minimum atomic E-state index is -1.01. The molecule has 3 N–H and O–H groups in total. The van der Waals surface area contributed by atoms with Crippen LogP contribution < -0.4 is 30.2 Å². The number of carbonyl (C=O) groups is 1. The predicted octanol–water partition coefficient (Wildman–Crippen LogP) is 0.948. The Bertz CT molecular complexity index is 1620. The Morgan fingerprint density at radius 3 is 2.56 bits per heavy atom. The Morgan fingerprint density at radius 2 is 1.72 bits per heavy atom. The summed E-state index contributed by atoms with van der Waals surface area (Å²) in [6.45, 7) is 0.864. The number of hydrogen-bond acceptors (Lipinski definition) is 5. The molecule has 0 bridgehead atoms. The van der Waals surface area contributed by atoms with Crippen molar-refractivity contribution in [1.29, 1.82) is 0 Å². The summed E-state index contributed by atoms with van der Waals surface area (Å²) in [6.07, 6.45) is 0.750. The molecule has 3 aromatic carbocycles. The summed E-state index contributed by atoms with van der Waals surface area (Å²) >= 11 is 0. The fourth-order valence-electron chi connectivity index (χ4n) is 4.15. The van der Waals surface area contributed by atoms with Gasteiger partial charge in [-0.1, -0.05) is 42.5 Å². The van der Waals surface area contributed by atoms with Crippen molar-refractivity contribution < 1.29 is 30.2 Å². The van der Waals surface area contributed by atoms with Crippen LogP contribution >= 0.6 is 0 Å². The van der Waals surface area contributed by atoms with Crippen molar-refractivity contribution in [2.45, 2.75) is 19.5 Å². The number of aromatic carboxylic acids is 1. The van der Waals surface area contributed by atoms with E-state index in [1.54, 1.807) is 24.3 Å². The number of benzene rings is 3. The average Bonchev–Trinajstić information content (AvgIpc) is 3.19. The van der Waals surface area contributed by atoms with E-state index in [9.17, 15) is 14.7 Å². The van der Waals surface area contributed by atoms with Gasteiger partial charge in [0.25, 0.3) is 5.56 Å². The third kappa shape index (κ3) is 5.25. The van der Waals surface area contributed by atoms with Gasteiger partial charge in [0.05, 0.1) is 28.8 Å². The molecule has 0 atom stereocenters. The summed E-state index contributed by atoms with van der Waals surface area (Å²) in [7, 11) is 0. The van der Waals surface area contributed by atoms with Crippen LogP contribution in [-0.2, 0) is 19.5 Å². The standard InChI is InChI=1S/C27H23N5O3.Li.H/c28-27-29-23-9-1-2-10-24(23)31(27)14-13-18-5-3-7-20(15-18)22-11-12-25(33)32(30-22)17-19-6-4-8-21(16-19)26(34)35;;/h1-12,15-16H,13-14,17H2,(H2,28,29)(H,34,35);;/q;+1;-1. The number of aryl methyl sites for hydroxylation is 2. The minimum absolute atomic E-state index is 0. The first-order valence-corrected chi connectivity index (χ1v) is 11.2. The molecule has 36 heavy (non-hydrogen) atoms. The maximum absolute atomic E-state index is 12.4. The number of nitrogen functional groups attached to an aromatic ring is 1. The molecule has 0 fully saturated rings. The van der Waals surface area contributed by atoms with Crippen molar-refractivity contribution in [2.24, 2.45) is 0 Å².